The highest BCUT2D eigenvalue weighted by Gasteiger charge is 2.38. The number of aliphatic hydroxyl groups excluding tert-OH is 1. The van der Waals surface area contributed by atoms with E-state index in [9.17, 15) is 9.59 Å². The molecular formula is C14H15ClN2O3. The van der Waals surface area contributed by atoms with Crippen molar-refractivity contribution >= 4 is 29.0 Å². The fourth-order valence-electron chi connectivity index (χ4n) is 2.12. The van der Waals surface area contributed by atoms with Gasteiger partial charge in [0.05, 0.1) is 12.2 Å². The number of aliphatic hydroxyl groups is 1. The van der Waals surface area contributed by atoms with Crippen LogP contribution >= 0.6 is 11.6 Å². The van der Waals surface area contributed by atoms with Crippen LogP contribution in [0, 0.1) is 0 Å². The minimum absolute atomic E-state index is 0.0981. The van der Waals surface area contributed by atoms with Crippen molar-refractivity contribution in [2.45, 2.75) is 0 Å². The Balaban J connectivity index is 2.54. The van der Waals surface area contributed by atoms with Crippen LogP contribution in [0.15, 0.2) is 30.0 Å². The zero-order valence-corrected chi connectivity index (χ0v) is 12.0. The molecule has 0 aromatic heterocycles. The molecule has 0 aliphatic carbocycles. The molecule has 0 saturated heterocycles. The van der Waals surface area contributed by atoms with Gasteiger partial charge in [-0.2, -0.15) is 0 Å². The van der Waals surface area contributed by atoms with Gasteiger partial charge in [0.2, 0.25) is 0 Å². The largest absolute Gasteiger partial charge is 0.395 e. The van der Waals surface area contributed by atoms with E-state index >= 15 is 0 Å². The van der Waals surface area contributed by atoms with Gasteiger partial charge in [0.15, 0.2) is 0 Å². The van der Waals surface area contributed by atoms with E-state index in [1.165, 1.54) is 7.05 Å². The molecule has 0 radical (unpaired) electrons. The molecule has 1 aromatic carbocycles. The average molecular weight is 295 g/mol. The molecule has 0 unspecified atom stereocenters. The zero-order chi connectivity index (χ0) is 14.9. The minimum atomic E-state index is -0.365. The van der Waals surface area contributed by atoms with Crippen molar-refractivity contribution in [1.29, 1.82) is 0 Å². The van der Waals surface area contributed by atoms with Crippen LogP contribution in [0.5, 0.6) is 0 Å². The molecule has 2 rings (SSSR count). The molecule has 1 heterocycles. The van der Waals surface area contributed by atoms with Crippen LogP contribution in [0.2, 0.25) is 5.02 Å². The summed E-state index contributed by atoms with van der Waals surface area (Å²) >= 11 is 5.84. The summed E-state index contributed by atoms with van der Waals surface area (Å²) < 4.78 is 0. The van der Waals surface area contributed by atoms with Crippen LogP contribution in [0.4, 0.5) is 0 Å². The van der Waals surface area contributed by atoms with Gasteiger partial charge in [-0.15, -0.1) is 0 Å². The molecule has 0 bridgehead atoms. The molecule has 0 fully saturated rings. The third-order valence-corrected chi connectivity index (χ3v) is 3.46. The number of benzene rings is 1. The topological polar surface area (TPSA) is 60.9 Å². The maximum Gasteiger partial charge on any atom is 0.277 e. The van der Waals surface area contributed by atoms with Crippen LogP contribution in [-0.4, -0.2) is 54.0 Å². The summed E-state index contributed by atoms with van der Waals surface area (Å²) in [5, 5.41) is 9.58. The molecule has 1 aromatic rings. The van der Waals surface area contributed by atoms with E-state index in [1.54, 1.807) is 36.2 Å². The van der Waals surface area contributed by atoms with Crippen molar-refractivity contribution in [3.8, 4) is 0 Å². The normalized spacial score (nSPS) is 15.3. The van der Waals surface area contributed by atoms with Gasteiger partial charge in [-0.25, -0.2) is 0 Å². The number of halogens is 1. The number of amides is 2. The molecule has 5 nitrogen and oxygen atoms in total. The lowest BCUT2D eigenvalue weighted by Gasteiger charge is -2.19. The third-order valence-electron chi connectivity index (χ3n) is 3.21. The Morgan fingerprint density at radius 1 is 1.20 bits per heavy atom. The van der Waals surface area contributed by atoms with Gasteiger partial charge in [0, 0.05) is 25.7 Å². The summed E-state index contributed by atoms with van der Waals surface area (Å²) in [6.45, 7) is 0.179. The molecule has 1 aliphatic rings. The minimum Gasteiger partial charge on any atom is -0.395 e. The van der Waals surface area contributed by atoms with Gasteiger partial charge in [-0.05, 0) is 17.7 Å². The standard InChI is InChI=1S/C14H15ClN2O3/c1-16(7-8-18)12-11(13(19)17(2)14(12)20)9-3-5-10(15)6-4-9/h3-6,18H,7-8H2,1-2H3. The van der Waals surface area contributed by atoms with Crippen molar-refractivity contribution in [2.75, 3.05) is 27.2 Å². The monoisotopic (exact) mass is 294 g/mol. The highest BCUT2D eigenvalue weighted by Crippen LogP contribution is 2.30. The van der Waals surface area contributed by atoms with Crippen molar-refractivity contribution in [2.24, 2.45) is 0 Å². The van der Waals surface area contributed by atoms with Gasteiger partial charge in [0.25, 0.3) is 11.8 Å². The Kier molecular flexibility index (Phi) is 4.11. The molecule has 6 heteroatoms. The lowest BCUT2D eigenvalue weighted by Crippen LogP contribution is -2.31. The summed E-state index contributed by atoms with van der Waals surface area (Å²) in [5.41, 5.74) is 1.27. The van der Waals surface area contributed by atoms with E-state index in [0.717, 1.165) is 4.90 Å². The Morgan fingerprint density at radius 3 is 2.35 bits per heavy atom. The predicted octanol–water partition coefficient (Wildman–Crippen LogP) is 0.974. The SMILES string of the molecule is CN(CCO)C1=C(c2ccc(Cl)cc2)C(=O)N(C)C1=O. The first-order chi connectivity index (χ1) is 9.47. The quantitative estimate of drug-likeness (QED) is 0.841. The first-order valence-corrected chi connectivity index (χ1v) is 6.49. The van der Waals surface area contributed by atoms with E-state index in [4.69, 9.17) is 16.7 Å². The second-order valence-corrected chi connectivity index (χ2v) is 4.98. The summed E-state index contributed by atoms with van der Waals surface area (Å²) in [6.07, 6.45) is 0. The van der Waals surface area contributed by atoms with E-state index in [2.05, 4.69) is 0 Å². The number of carbonyl (C=O) groups is 2. The highest BCUT2D eigenvalue weighted by molar-refractivity contribution is 6.35. The Bertz CT molecular complexity index is 581. The molecule has 106 valence electrons. The molecule has 0 spiro atoms. The number of hydrogen-bond donors (Lipinski definition) is 1. The molecule has 0 saturated carbocycles. The number of carbonyl (C=O) groups excluding carboxylic acids is 2. The molecule has 1 aliphatic heterocycles. The van der Waals surface area contributed by atoms with E-state index in [-0.39, 0.29) is 25.0 Å². The van der Waals surface area contributed by atoms with E-state index in [0.29, 0.717) is 21.9 Å². The Morgan fingerprint density at radius 2 is 1.80 bits per heavy atom. The van der Waals surface area contributed by atoms with E-state index in [1.807, 2.05) is 0 Å². The van der Waals surface area contributed by atoms with Crippen LogP contribution in [0.25, 0.3) is 5.57 Å². The second kappa shape index (κ2) is 5.64. The van der Waals surface area contributed by atoms with Gasteiger partial charge < -0.3 is 10.0 Å². The van der Waals surface area contributed by atoms with Gasteiger partial charge in [-0.1, -0.05) is 23.7 Å². The Hall–Kier alpha value is -1.85. The van der Waals surface area contributed by atoms with Crippen molar-refractivity contribution in [3.63, 3.8) is 0 Å². The third kappa shape index (κ3) is 2.42. The number of likely N-dealkylation sites (N-methyl/N-ethyl adjacent to an activating group) is 2. The van der Waals surface area contributed by atoms with Gasteiger partial charge >= 0.3 is 0 Å². The first-order valence-electron chi connectivity index (χ1n) is 6.12. The number of hydrogen-bond acceptors (Lipinski definition) is 4. The first kappa shape index (κ1) is 14.6. The van der Waals surface area contributed by atoms with Crippen molar-refractivity contribution < 1.29 is 14.7 Å². The molecular weight excluding hydrogens is 280 g/mol. The van der Waals surface area contributed by atoms with Crippen LogP contribution < -0.4 is 0 Å². The van der Waals surface area contributed by atoms with Crippen molar-refractivity contribution in [3.05, 3.63) is 40.5 Å². The number of rotatable bonds is 4. The Labute approximate surface area is 122 Å². The average Bonchev–Trinajstić information content (AvgIpc) is 2.64. The summed E-state index contributed by atoms with van der Waals surface area (Å²) in [7, 11) is 3.12. The number of nitrogens with zero attached hydrogens (tertiary/aromatic N) is 2. The summed E-state index contributed by atoms with van der Waals surface area (Å²) in [4.78, 5) is 27.1. The number of imide groups is 1. The van der Waals surface area contributed by atoms with Crippen LogP contribution in [-0.2, 0) is 9.59 Å². The lowest BCUT2D eigenvalue weighted by atomic mass is 10.0. The smallest absolute Gasteiger partial charge is 0.277 e. The molecule has 2 amide bonds. The predicted molar refractivity (Wildman–Crippen MR) is 75.9 cm³/mol. The van der Waals surface area contributed by atoms with Crippen LogP contribution in [0.3, 0.4) is 0 Å². The fourth-order valence-corrected chi connectivity index (χ4v) is 2.25. The summed E-state index contributed by atoms with van der Waals surface area (Å²) in [5.74, 6) is -0.715. The maximum absolute atomic E-state index is 12.2. The molecule has 1 N–H and O–H groups in total. The van der Waals surface area contributed by atoms with E-state index < -0.39 is 0 Å². The van der Waals surface area contributed by atoms with Crippen molar-refractivity contribution in [1.82, 2.24) is 9.80 Å². The zero-order valence-electron chi connectivity index (χ0n) is 11.3. The summed E-state index contributed by atoms with van der Waals surface area (Å²) in [6, 6.07) is 6.75. The molecule has 20 heavy (non-hydrogen) atoms. The molecule has 0 atom stereocenters. The van der Waals surface area contributed by atoms with Gasteiger partial charge in [-0.3, -0.25) is 14.5 Å². The van der Waals surface area contributed by atoms with Gasteiger partial charge in [0.1, 0.15) is 5.70 Å². The maximum atomic E-state index is 12.2. The highest BCUT2D eigenvalue weighted by atomic mass is 35.5. The second-order valence-electron chi connectivity index (χ2n) is 4.54. The lowest BCUT2D eigenvalue weighted by molar-refractivity contribution is -0.135. The fraction of sp³-hybridized carbons (Fsp3) is 0.286. The van der Waals surface area contributed by atoms with Crippen LogP contribution in [0.1, 0.15) is 5.56 Å².